The standard InChI is InChI=1S/C28H24N4O6/c1-16-4-10-19(11-5-16)31-25(35)21(23(33)29-27(31)37)14-8-18(3)9-15-22-24(34)30-28(38)32(26(22)36)20-12-6-17(2)7-13-20/h4-15,35H,1-3H3,(H,29,33,37)(H,30,34,38). The van der Waals surface area contributed by atoms with Gasteiger partial charge in [-0.3, -0.25) is 24.7 Å². The lowest BCUT2D eigenvalue weighted by molar-refractivity contribution is -0.122. The number of anilines is 1. The first-order valence-corrected chi connectivity index (χ1v) is 11.5. The molecule has 0 saturated carbocycles. The number of amides is 4. The van der Waals surface area contributed by atoms with E-state index in [4.69, 9.17) is 0 Å². The van der Waals surface area contributed by atoms with E-state index in [2.05, 4.69) is 10.3 Å². The zero-order valence-electron chi connectivity index (χ0n) is 20.8. The minimum Gasteiger partial charge on any atom is -0.494 e. The largest absolute Gasteiger partial charge is 0.494 e. The van der Waals surface area contributed by atoms with Crippen molar-refractivity contribution in [2.24, 2.45) is 0 Å². The molecule has 0 atom stereocenters. The SMILES string of the molecule is CC(C=Cc1c(O)n(-c2ccc(C)cc2)c(=O)[nH]c1=O)=CC=C1C(=O)NC(=O)N(c2ccc(C)cc2)C1=O. The Labute approximate surface area is 216 Å². The zero-order chi connectivity index (χ0) is 27.6. The molecule has 4 amide bonds. The second-order valence-electron chi connectivity index (χ2n) is 8.73. The minimum absolute atomic E-state index is 0.159. The van der Waals surface area contributed by atoms with Crippen molar-refractivity contribution in [1.82, 2.24) is 14.9 Å². The number of benzene rings is 2. The summed E-state index contributed by atoms with van der Waals surface area (Å²) in [5.41, 5.74) is 1.09. The number of H-pyrrole nitrogens is 1. The van der Waals surface area contributed by atoms with E-state index in [1.807, 2.05) is 13.8 Å². The molecule has 2 aromatic carbocycles. The molecule has 4 rings (SSSR count). The highest BCUT2D eigenvalue weighted by atomic mass is 16.3. The van der Waals surface area contributed by atoms with Crippen molar-refractivity contribution in [1.29, 1.82) is 0 Å². The molecule has 0 spiro atoms. The van der Waals surface area contributed by atoms with Crippen LogP contribution < -0.4 is 21.5 Å². The van der Waals surface area contributed by atoms with Gasteiger partial charge in [-0.1, -0.05) is 53.1 Å². The molecule has 1 fully saturated rings. The Morgan fingerprint density at radius 2 is 1.45 bits per heavy atom. The van der Waals surface area contributed by atoms with Gasteiger partial charge >= 0.3 is 11.7 Å². The molecule has 192 valence electrons. The maximum Gasteiger partial charge on any atom is 0.335 e. The molecular formula is C28H24N4O6. The summed E-state index contributed by atoms with van der Waals surface area (Å²) in [5, 5.41) is 12.8. The van der Waals surface area contributed by atoms with Crippen molar-refractivity contribution in [3.05, 3.63) is 115 Å². The summed E-state index contributed by atoms with van der Waals surface area (Å²) in [6, 6.07) is 12.6. The van der Waals surface area contributed by atoms with Crippen LogP contribution in [0.2, 0.25) is 0 Å². The quantitative estimate of drug-likeness (QED) is 0.273. The molecule has 2 heterocycles. The lowest BCUT2D eigenvalue weighted by Crippen LogP contribution is -2.54. The molecule has 1 aliphatic rings. The number of aromatic nitrogens is 2. The van der Waals surface area contributed by atoms with E-state index in [0.29, 0.717) is 16.9 Å². The van der Waals surface area contributed by atoms with Crippen LogP contribution in [0.15, 0.2) is 87.5 Å². The molecule has 38 heavy (non-hydrogen) atoms. The topological polar surface area (TPSA) is 142 Å². The third-order valence-corrected chi connectivity index (χ3v) is 5.83. The Morgan fingerprint density at radius 1 is 0.868 bits per heavy atom. The number of nitrogens with one attached hydrogen (secondary N) is 2. The number of barbiturate groups is 1. The van der Waals surface area contributed by atoms with Gasteiger partial charge in [-0.25, -0.2) is 19.1 Å². The summed E-state index contributed by atoms with van der Waals surface area (Å²) >= 11 is 0. The van der Waals surface area contributed by atoms with Gasteiger partial charge < -0.3 is 5.11 Å². The number of allylic oxidation sites excluding steroid dienone is 4. The van der Waals surface area contributed by atoms with Crippen LogP contribution in [0.25, 0.3) is 11.8 Å². The fourth-order valence-electron chi connectivity index (χ4n) is 3.71. The van der Waals surface area contributed by atoms with E-state index in [0.717, 1.165) is 20.6 Å². The van der Waals surface area contributed by atoms with Gasteiger partial charge in [0.2, 0.25) is 5.88 Å². The Hall–Kier alpha value is -5.25. The summed E-state index contributed by atoms with van der Waals surface area (Å²) in [4.78, 5) is 65.4. The molecule has 1 aromatic heterocycles. The van der Waals surface area contributed by atoms with Crippen LogP contribution in [0, 0.1) is 13.8 Å². The third kappa shape index (κ3) is 5.14. The highest BCUT2D eigenvalue weighted by Gasteiger charge is 2.36. The van der Waals surface area contributed by atoms with Gasteiger partial charge in [-0.15, -0.1) is 0 Å². The van der Waals surface area contributed by atoms with E-state index >= 15 is 0 Å². The number of hydrogen-bond acceptors (Lipinski definition) is 6. The van der Waals surface area contributed by atoms with E-state index in [1.165, 1.54) is 24.3 Å². The van der Waals surface area contributed by atoms with Crippen LogP contribution in [0.5, 0.6) is 5.88 Å². The Kier molecular flexibility index (Phi) is 7.06. The molecule has 0 bridgehead atoms. The number of nitrogens with zero attached hydrogens (tertiary/aromatic N) is 2. The predicted molar refractivity (Wildman–Crippen MR) is 142 cm³/mol. The van der Waals surface area contributed by atoms with E-state index in [9.17, 15) is 29.1 Å². The molecule has 3 aromatic rings. The first-order chi connectivity index (χ1) is 18.1. The highest BCUT2D eigenvalue weighted by molar-refractivity contribution is 6.37. The summed E-state index contributed by atoms with van der Waals surface area (Å²) in [7, 11) is 0. The molecule has 1 aliphatic heterocycles. The Bertz CT molecular complexity index is 1660. The summed E-state index contributed by atoms with van der Waals surface area (Å²) < 4.78 is 0.975. The van der Waals surface area contributed by atoms with Crippen LogP contribution in [-0.4, -0.2) is 32.5 Å². The normalized spacial score (nSPS) is 15.4. The monoisotopic (exact) mass is 512 g/mol. The second-order valence-corrected chi connectivity index (χ2v) is 8.73. The average Bonchev–Trinajstić information content (AvgIpc) is 2.85. The van der Waals surface area contributed by atoms with Crippen LogP contribution in [-0.2, 0) is 9.59 Å². The average molecular weight is 513 g/mol. The summed E-state index contributed by atoms with van der Waals surface area (Å²) in [6.45, 7) is 5.38. The Morgan fingerprint density at radius 3 is 2.05 bits per heavy atom. The van der Waals surface area contributed by atoms with Crippen molar-refractivity contribution in [3.63, 3.8) is 0 Å². The molecule has 1 saturated heterocycles. The number of aryl methyl sites for hydroxylation is 2. The number of aromatic amines is 1. The van der Waals surface area contributed by atoms with Crippen molar-refractivity contribution >= 4 is 29.6 Å². The lowest BCUT2D eigenvalue weighted by Gasteiger charge is -2.26. The number of hydrogen-bond donors (Lipinski definition) is 3. The van der Waals surface area contributed by atoms with Crippen LogP contribution >= 0.6 is 0 Å². The molecular weight excluding hydrogens is 488 g/mol. The number of rotatable bonds is 5. The fraction of sp³-hybridized carbons (Fsp3) is 0.107. The molecule has 0 unspecified atom stereocenters. The molecule has 3 N–H and O–H groups in total. The lowest BCUT2D eigenvalue weighted by atomic mass is 10.1. The number of aromatic hydroxyl groups is 1. The van der Waals surface area contributed by atoms with Gasteiger partial charge in [-0.05, 0) is 57.2 Å². The highest BCUT2D eigenvalue weighted by Crippen LogP contribution is 2.22. The van der Waals surface area contributed by atoms with Crippen molar-refractivity contribution in [3.8, 4) is 11.6 Å². The number of carbonyl (C=O) groups is 3. The molecule has 0 aliphatic carbocycles. The van der Waals surface area contributed by atoms with Crippen LogP contribution in [0.4, 0.5) is 10.5 Å². The van der Waals surface area contributed by atoms with E-state index in [-0.39, 0.29) is 11.1 Å². The van der Waals surface area contributed by atoms with Gasteiger partial charge in [0.15, 0.2) is 0 Å². The molecule has 10 nitrogen and oxygen atoms in total. The van der Waals surface area contributed by atoms with E-state index < -0.39 is 35.0 Å². The van der Waals surface area contributed by atoms with Gasteiger partial charge in [0.25, 0.3) is 17.4 Å². The van der Waals surface area contributed by atoms with Crippen LogP contribution in [0.3, 0.4) is 0 Å². The third-order valence-electron chi connectivity index (χ3n) is 5.83. The number of urea groups is 1. The van der Waals surface area contributed by atoms with Crippen molar-refractivity contribution in [2.75, 3.05) is 4.90 Å². The van der Waals surface area contributed by atoms with Gasteiger partial charge in [-0.2, -0.15) is 0 Å². The Balaban J connectivity index is 1.64. The summed E-state index contributed by atoms with van der Waals surface area (Å²) in [6.07, 6.45) is 5.50. The maximum absolute atomic E-state index is 13.0. The second kappa shape index (κ2) is 10.4. The maximum atomic E-state index is 13.0. The minimum atomic E-state index is -0.847. The summed E-state index contributed by atoms with van der Waals surface area (Å²) in [5.74, 6) is -2.16. The molecule has 10 heteroatoms. The number of carbonyl (C=O) groups excluding carboxylic acids is 3. The zero-order valence-corrected chi connectivity index (χ0v) is 20.8. The van der Waals surface area contributed by atoms with Gasteiger partial charge in [0.1, 0.15) is 11.1 Å². The molecule has 0 radical (unpaired) electrons. The van der Waals surface area contributed by atoms with Crippen molar-refractivity contribution < 1.29 is 19.5 Å². The fourth-order valence-corrected chi connectivity index (χ4v) is 3.71. The van der Waals surface area contributed by atoms with Gasteiger partial charge in [0.05, 0.1) is 11.4 Å². The first kappa shape index (κ1) is 25.8. The number of imide groups is 2. The van der Waals surface area contributed by atoms with Crippen LogP contribution in [0.1, 0.15) is 23.6 Å². The van der Waals surface area contributed by atoms with E-state index in [1.54, 1.807) is 55.5 Å². The predicted octanol–water partition coefficient (Wildman–Crippen LogP) is 3.02. The van der Waals surface area contributed by atoms with Gasteiger partial charge in [0, 0.05) is 0 Å². The smallest absolute Gasteiger partial charge is 0.335 e. The van der Waals surface area contributed by atoms with Crippen molar-refractivity contribution in [2.45, 2.75) is 20.8 Å². The first-order valence-electron chi connectivity index (χ1n) is 11.5.